The average Bonchev–Trinajstić information content (AvgIpc) is 3.00. The molecule has 0 saturated carbocycles. The fraction of sp³-hybridized carbons (Fsp3) is 0.625. The normalized spacial score (nSPS) is 25.3. The van der Waals surface area contributed by atoms with Crippen LogP contribution in [-0.4, -0.2) is 58.7 Å². The molecule has 2 atom stereocenters. The molecule has 2 heterocycles. The Labute approximate surface area is 135 Å². The molecular formula is C16H23N3O4. The van der Waals surface area contributed by atoms with Crippen LogP contribution in [0, 0.1) is 10.1 Å². The summed E-state index contributed by atoms with van der Waals surface area (Å²) < 4.78 is 5.08. The van der Waals surface area contributed by atoms with Crippen LogP contribution in [0.3, 0.4) is 0 Å². The zero-order chi connectivity index (χ0) is 16.6. The van der Waals surface area contributed by atoms with Crippen molar-refractivity contribution in [2.45, 2.75) is 38.4 Å². The van der Waals surface area contributed by atoms with Crippen LogP contribution in [0.1, 0.15) is 25.3 Å². The lowest BCUT2D eigenvalue weighted by Crippen LogP contribution is -2.55. The largest absolute Gasteiger partial charge is 0.500 e. The standard InChI is InChI=1S/C16H23N3O4/c1-11-13-4-3-5-17(13)6-7-18(11)10-12-8-14(19(21)22)16(20)15(9-12)23-2/h8-9,11,13,20H,3-7,10H2,1-2H3/t11-,13+/m1/s1. The Morgan fingerprint density at radius 1 is 1.39 bits per heavy atom. The van der Waals surface area contributed by atoms with Crippen LogP contribution < -0.4 is 4.74 Å². The van der Waals surface area contributed by atoms with E-state index in [4.69, 9.17) is 4.74 Å². The first-order valence-electron chi connectivity index (χ1n) is 8.03. The highest BCUT2D eigenvalue weighted by Gasteiger charge is 2.36. The summed E-state index contributed by atoms with van der Waals surface area (Å²) in [7, 11) is 1.41. The molecule has 0 radical (unpaired) electrons. The lowest BCUT2D eigenvalue weighted by Gasteiger charge is -2.43. The summed E-state index contributed by atoms with van der Waals surface area (Å²) in [6.07, 6.45) is 2.47. The molecule has 1 N–H and O–H groups in total. The lowest BCUT2D eigenvalue weighted by molar-refractivity contribution is -0.386. The van der Waals surface area contributed by atoms with Gasteiger partial charge in [0.25, 0.3) is 0 Å². The molecule has 1 aromatic carbocycles. The Morgan fingerprint density at radius 2 is 2.17 bits per heavy atom. The Morgan fingerprint density at radius 3 is 2.87 bits per heavy atom. The molecule has 1 aromatic rings. The van der Waals surface area contributed by atoms with E-state index in [9.17, 15) is 15.2 Å². The number of rotatable bonds is 4. The highest BCUT2D eigenvalue weighted by atomic mass is 16.6. The van der Waals surface area contributed by atoms with Gasteiger partial charge in [0, 0.05) is 37.8 Å². The van der Waals surface area contributed by atoms with Crippen molar-refractivity contribution >= 4 is 5.69 Å². The van der Waals surface area contributed by atoms with E-state index in [0.29, 0.717) is 18.6 Å². The Bertz CT molecular complexity index is 607. The van der Waals surface area contributed by atoms with Crippen molar-refractivity contribution in [1.29, 1.82) is 0 Å². The van der Waals surface area contributed by atoms with Gasteiger partial charge in [0.15, 0.2) is 5.75 Å². The van der Waals surface area contributed by atoms with Gasteiger partial charge in [-0.3, -0.25) is 19.9 Å². The number of methoxy groups -OCH3 is 1. The van der Waals surface area contributed by atoms with Crippen molar-refractivity contribution in [1.82, 2.24) is 9.80 Å². The van der Waals surface area contributed by atoms with Crippen LogP contribution in [0.15, 0.2) is 12.1 Å². The molecule has 2 saturated heterocycles. The third-order valence-electron chi connectivity index (χ3n) is 5.14. The topological polar surface area (TPSA) is 79.1 Å². The third-order valence-corrected chi connectivity index (χ3v) is 5.14. The fourth-order valence-electron chi connectivity index (χ4n) is 3.87. The van der Waals surface area contributed by atoms with Gasteiger partial charge >= 0.3 is 5.69 Å². The zero-order valence-corrected chi connectivity index (χ0v) is 13.6. The minimum absolute atomic E-state index is 0.154. The first kappa shape index (κ1) is 16.0. The maximum atomic E-state index is 11.1. The minimum atomic E-state index is -0.570. The molecule has 7 nitrogen and oxygen atoms in total. The number of ether oxygens (including phenoxy) is 1. The molecular weight excluding hydrogens is 298 g/mol. The van der Waals surface area contributed by atoms with Crippen LogP contribution in [0.2, 0.25) is 0 Å². The number of nitro groups is 1. The number of hydrogen-bond donors (Lipinski definition) is 1. The van der Waals surface area contributed by atoms with E-state index < -0.39 is 10.7 Å². The van der Waals surface area contributed by atoms with Crippen molar-refractivity contribution in [3.63, 3.8) is 0 Å². The number of hydrogen-bond acceptors (Lipinski definition) is 6. The maximum Gasteiger partial charge on any atom is 0.314 e. The smallest absolute Gasteiger partial charge is 0.314 e. The minimum Gasteiger partial charge on any atom is -0.500 e. The predicted octanol–water partition coefficient (Wildman–Crippen LogP) is 1.98. The van der Waals surface area contributed by atoms with E-state index in [1.807, 2.05) is 0 Å². The van der Waals surface area contributed by atoms with Gasteiger partial charge in [-0.25, -0.2) is 0 Å². The molecule has 0 unspecified atom stereocenters. The van der Waals surface area contributed by atoms with Gasteiger partial charge in [-0.2, -0.15) is 0 Å². The van der Waals surface area contributed by atoms with Crippen molar-refractivity contribution in [2.75, 3.05) is 26.7 Å². The predicted molar refractivity (Wildman–Crippen MR) is 85.8 cm³/mol. The van der Waals surface area contributed by atoms with Gasteiger partial charge in [0.2, 0.25) is 5.75 Å². The van der Waals surface area contributed by atoms with Crippen LogP contribution in [0.5, 0.6) is 11.5 Å². The van der Waals surface area contributed by atoms with E-state index in [1.54, 1.807) is 6.07 Å². The molecule has 2 fully saturated rings. The van der Waals surface area contributed by atoms with Gasteiger partial charge in [0.05, 0.1) is 12.0 Å². The highest BCUT2D eigenvalue weighted by Crippen LogP contribution is 2.37. The van der Waals surface area contributed by atoms with Crippen molar-refractivity contribution in [2.24, 2.45) is 0 Å². The summed E-state index contributed by atoms with van der Waals surface area (Å²) in [6.45, 7) is 6.04. The van der Waals surface area contributed by atoms with Crippen molar-refractivity contribution in [3.8, 4) is 11.5 Å². The van der Waals surface area contributed by atoms with Gasteiger partial charge in [-0.15, -0.1) is 0 Å². The molecule has 0 aliphatic carbocycles. The zero-order valence-electron chi connectivity index (χ0n) is 13.6. The summed E-state index contributed by atoms with van der Waals surface area (Å²) in [5, 5.41) is 21.0. The van der Waals surface area contributed by atoms with Crippen LogP contribution >= 0.6 is 0 Å². The molecule has 0 bridgehead atoms. The number of phenols is 1. The second-order valence-electron chi connectivity index (χ2n) is 6.38. The van der Waals surface area contributed by atoms with Crippen LogP contribution in [0.4, 0.5) is 5.69 Å². The molecule has 0 aromatic heterocycles. The van der Waals surface area contributed by atoms with Crippen molar-refractivity contribution in [3.05, 3.63) is 27.8 Å². The highest BCUT2D eigenvalue weighted by molar-refractivity contribution is 5.57. The summed E-state index contributed by atoms with van der Waals surface area (Å²) in [6, 6.07) is 4.14. The molecule has 23 heavy (non-hydrogen) atoms. The first-order valence-corrected chi connectivity index (χ1v) is 8.03. The molecule has 2 aliphatic heterocycles. The lowest BCUT2D eigenvalue weighted by atomic mass is 10.0. The SMILES string of the molecule is COc1cc(CN2CCN3CCC[C@H]3[C@H]2C)cc([N+](=O)[O-])c1O. The van der Waals surface area contributed by atoms with Crippen LogP contribution in [-0.2, 0) is 6.54 Å². The Kier molecular flexibility index (Phi) is 4.41. The molecule has 0 spiro atoms. The van der Waals surface area contributed by atoms with Gasteiger partial charge in [0.1, 0.15) is 0 Å². The molecule has 3 rings (SSSR count). The number of benzene rings is 1. The van der Waals surface area contributed by atoms with Gasteiger partial charge in [-0.05, 0) is 37.9 Å². The monoisotopic (exact) mass is 321 g/mol. The van der Waals surface area contributed by atoms with Gasteiger partial charge in [-0.1, -0.05) is 0 Å². The quantitative estimate of drug-likeness (QED) is 0.675. The van der Waals surface area contributed by atoms with E-state index in [-0.39, 0.29) is 11.4 Å². The Balaban J connectivity index is 1.82. The van der Waals surface area contributed by atoms with E-state index in [2.05, 4.69) is 16.7 Å². The number of nitrogens with zero attached hydrogens (tertiary/aromatic N) is 3. The number of nitro benzene ring substituents is 1. The molecule has 0 amide bonds. The fourth-order valence-corrected chi connectivity index (χ4v) is 3.87. The molecule has 2 aliphatic rings. The Hall–Kier alpha value is -1.86. The van der Waals surface area contributed by atoms with Gasteiger partial charge < -0.3 is 9.84 Å². The average molecular weight is 321 g/mol. The number of fused-ring (bicyclic) bond motifs is 1. The van der Waals surface area contributed by atoms with E-state index in [0.717, 1.165) is 18.7 Å². The maximum absolute atomic E-state index is 11.1. The third kappa shape index (κ3) is 2.98. The summed E-state index contributed by atoms with van der Waals surface area (Å²) in [5.74, 6) is -0.253. The van der Waals surface area contributed by atoms with Crippen LogP contribution in [0.25, 0.3) is 0 Å². The molecule has 126 valence electrons. The first-order chi connectivity index (χ1) is 11.0. The summed E-state index contributed by atoms with van der Waals surface area (Å²) in [4.78, 5) is 15.5. The number of piperazine rings is 1. The number of aromatic hydroxyl groups is 1. The summed E-state index contributed by atoms with van der Waals surface area (Å²) in [5.41, 5.74) is 0.496. The van der Waals surface area contributed by atoms with Crippen molar-refractivity contribution < 1.29 is 14.8 Å². The molecule has 7 heteroatoms. The second-order valence-corrected chi connectivity index (χ2v) is 6.38. The van der Waals surface area contributed by atoms with E-state index >= 15 is 0 Å². The summed E-state index contributed by atoms with van der Waals surface area (Å²) >= 11 is 0. The van der Waals surface area contributed by atoms with E-state index in [1.165, 1.54) is 32.6 Å². The number of phenolic OH excluding ortho intramolecular Hbond substituents is 1. The second kappa shape index (κ2) is 6.33.